The van der Waals surface area contributed by atoms with Crippen molar-refractivity contribution >= 4 is 21.7 Å². The number of nitrogens with one attached hydrogen (secondary N) is 2. The predicted molar refractivity (Wildman–Crippen MR) is 101 cm³/mol. The van der Waals surface area contributed by atoms with E-state index in [1.54, 1.807) is 13.0 Å². The fraction of sp³-hybridized carbons (Fsp3) is 0.158. The summed E-state index contributed by atoms with van der Waals surface area (Å²) in [4.78, 5) is 12.5. The number of benzene rings is 2. The molecule has 2 N–H and O–H groups in total. The SMILES string of the molecule is Cc1cc(NS(=O)(=O)c2cccc(C(=O)NC(C)c3ccccc3)c2)no1. The van der Waals surface area contributed by atoms with Crippen LogP contribution in [-0.2, 0) is 10.0 Å². The highest BCUT2D eigenvalue weighted by molar-refractivity contribution is 7.92. The summed E-state index contributed by atoms with van der Waals surface area (Å²) in [6, 6.07) is 16.6. The molecule has 1 atom stereocenters. The zero-order valence-electron chi connectivity index (χ0n) is 14.8. The minimum atomic E-state index is -3.89. The summed E-state index contributed by atoms with van der Waals surface area (Å²) in [6.07, 6.45) is 0. The summed E-state index contributed by atoms with van der Waals surface area (Å²) in [5.41, 5.74) is 1.20. The Bertz CT molecular complexity index is 1050. The van der Waals surface area contributed by atoms with Crippen LogP contribution in [0.25, 0.3) is 0 Å². The second kappa shape index (κ2) is 7.63. The fourth-order valence-electron chi connectivity index (χ4n) is 2.52. The lowest BCUT2D eigenvalue weighted by molar-refractivity contribution is 0.0939. The van der Waals surface area contributed by atoms with Crippen LogP contribution < -0.4 is 10.0 Å². The third-order valence-electron chi connectivity index (χ3n) is 3.92. The van der Waals surface area contributed by atoms with Gasteiger partial charge in [0.1, 0.15) is 5.76 Å². The molecule has 0 aliphatic heterocycles. The van der Waals surface area contributed by atoms with Gasteiger partial charge in [0.05, 0.1) is 10.9 Å². The number of rotatable bonds is 6. The van der Waals surface area contributed by atoms with Crippen molar-refractivity contribution in [3.8, 4) is 0 Å². The average Bonchev–Trinajstić information content (AvgIpc) is 3.06. The molecule has 2 aromatic carbocycles. The summed E-state index contributed by atoms with van der Waals surface area (Å²) in [7, 11) is -3.89. The smallest absolute Gasteiger partial charge is 0.263 e. The van der Waals surface area contributed by atoms with E-state index < -0.39 is 10.0 Å². The molecule has 8 heteroatoms. The van der Waals surface area contributed by atoms with E-state index in [2.05, 4.69) is 15.2 Å². The van der Waals surface area contributed by atoms with Crippen molar-refractivity contribution in [2.45, 2.75) is 24.8 Å². The van der Waals surface area contributed by atoms with Crippen LogP contribution in [0.15, 0.2) is 70.1 Å². The number of nitrogens with zero attached hydrogens (tertiary/aromatic N) is 1. The van der Waals surface area contributed by atoms with Crippen molar-refractivity contribution in [1.82, 2.24) is 10.5 Å². The largest absolute Gasteiger partial charge is 0.360 e. The highest BCUT2D eigenvalue weighted by Crippen LogP contribution is 2.18. The van der Waals surface area contributed by atoms with Gasteiger partial charge in [-0.25, -0.2) is 8.42 Å². The molecular formula is C19H19N3O4S. The number of aryl methyl sites for hydroxylation is 1. The molecule has 0 aliphatic rings. The molecule has 0 saturated carbocycles. The van der Waals surface area contributed by atoms with Crippen molar-refractivity contribution in [3.63, 3.8) is 0 Å². The van der Waals surface area contributed by atoms with Crippen molar-refractivity contribution in [1.29, 1.82) is 0 Å². The van der Waals surface area contributed by atoms with Crippen LogP contribution in [0, 0.1) is 6.92 Å². The van der Waals surface area contributed by atoms with Crippen LogP contribution in [0.3, 0.4) is 0 Å². The first-order valence-corrected chi connectivity index (χ1v) is 9.75. The van der Waals surface area contributed by atoms with E-state index in [9.17, 15) is 13.2 Å². The molecule has 1 unspecified atom stereocenters. The van der Waals surface area contributed by atoms with Gasteiger partial charge in [-0.1, -0.05) is 41.6 Å². The Balaban J connectivity index is 1.77. The molecule has 0 radical (unpaired) electrons. The van der Waals surface area contributed by atoms with Gasteiger partial charge in [-0.05, 0) is 37.6 Å². The lowest BCUT2D eigenvalue weighted by Crippen LogP contribution is -2.27. The monoisotopic (exact) mass is 385 g/mol. The quantitative estimate of drug-likeness (QED) is 0.678. The van der Waals surface area contributed by atoms with E-state index in [0.29, 0.717) is 5.76 Å². The summed E-state index contributed by atoms with van der Waals surface area (Å²) in [5.74, 6) is 0.205. The van der Waals surface area contributed by atoms with Gasteiger partial charge in [-0.15, -0.1) is 0 Å². The number of amides is 1. The maximum absolute atomic E-state index is 12.5. The molecule has 3 aromatic rings. The number of aromatic nitrogens is 1. The Morgan fingerprint density at radius 2 is 1.81 bits per heavy atom. The Morgan fingerprint density at radius 3 is 2.48 bits per heavy atom. The molecular weight excluding hydrogens is 366 g/mol. The molecule has 1 heterocycles. The molecule has 0 saturated heterocycles. The highest BCUT2D eigenvalue weighted by atomic mass is 32.2. The van der Waals surface area contributed by atoms with Gasteiger partial charge >= 0.3 is 0 Å². The molecule has 0 spiro atoms. The van der Waals surface area contributed by atoms with E-state index >= 15 is 0 Å². The van der Waals surface area contributed by atoms with Gasteiger partial charge in [-0.2, -0.15) is 0 Å². The maximum Gasteiger partial charge on any atom is 0.263 e. The average molecular weight is 385 g/mol. The molecule has 1 amide bonds. The van der Waals surface area contributed by atoms with Crippen molar-refractivity contribution in [2.75, 3.05) is 4.72 Å². The van der Waals surface area contributed by atoms with Gasteiger partial charge < -0.3 is 9.84 Å². The fourth-order valence-corrected chi connectivity index (χ4v) is 3.55. The van der Waals surface area contributed by atoms with Crippen molar-refractivity contribution in [3.05, 3.63) is 77.6 Å². The first-order chi connectivity index (χ1) is 12.8. The molecule has 0 aliphatic carbocycles. The van der Waals surface area contributed by atoms with E-state index in [1.165, 1.54) is 24.3 Å². The number of sulfonamides is 1. The van der Waals surface area contributed by atoms with Crippen LogP contribution in [0.1, 0.15) is 34.6 Å². The van der Waals surface area contributed by atoms with Gasteiger partial charge in [0.2, 0.25) is 0 Å². The van der Waals surface area contributed by atoms with Crippen molar-refractivity contribution in [2.24, 2.45) is 0 Å². The standard InChI is InChI=1S/C19H19N3O4S/c1-13-11-18(21-26-13)22-27(24,25)17-10-6-9-16(12-17)19(23)20-14(2)15-7-4-3-5-8-15/h3-12,14H,1-2H3,(H,20,23)(H,21,22). The maximum atomic E-state index is 12.5. The zero-order chi connectivity index (χ0) is 19.4. The normalized spacial score (nSPS) is 12.4. The number of anilines is 1. The lowest BCUT2D eigenvalue weighted by atomic mass is 10.1. The topological polar surface area (TPSA) is 101 Å². The summed E-state index contributed by atoms with van der Waals surface area (Å²) >= 11 is 0. The summed E-state index contributed by atoms with van der Waals surface area (Å²) in [6.45, 7) is 3.52. The Labute approximate surface area is 157 Å². The van der Waals surface area contributed by atoms with Gasteiger partial charge in [0, 0.05) is 11.6 Å². The second-order valence-corrected chi connectivity index (χ2v) is 7.74. The molecule has 140 valence electrons. The first-order valence-electron chi connectivity index (χ1n) is 8.27. The van der Waals surface area contributed by atoms with E-state index in [1.807, 2.05) is 37.3 Å². The number of carbonyl (C=O) groups excluding carboxylic acids is 1. The Hall–Kier alpha value is -3.13. The lowest BCUT2D eigenvalue weighted by Gasteiger charge is -2.14. The van der Waals surface area contributed by atoms with Crippen LogP contribution in [-0.4, -0.2) is 19.5 Å². The third-order valence-corrected chi connectivity index (χ3v) is 5.27. The van der Waals surface area contributed by atoms with Crippen LogP contribution in [0.4, 0.5) is 5.82 Å². The predicted octanol–water partition coefficient (Wildman–Crippen LogP) is 3.27. The van der Waals surface area contributed by atoms with E-state index in [4.69, 9.17) is 4.52 Å². The van der Waals surface area contributed by atoms with Crippen LogP contribution >= 0.6 is 0 Å². The van der Waals surface area contributed by atoms with Crippen LogP contribution in [0.2, 0.25) is 0 Å². The van der Waals surface area contributed by atoms with Crippen LogP contribution in [0.5, 0.6) is 0 Å². The zero-order valence-corrected chi connectivity index (χ0v) is 15.7. The van der Waals surface area contributed by atoms with Crippen molar-refractivity contribution < 1.29 is 17.7 Å². The molecule has 0 fully saturated rings. The Kier molecular flexibility index (Phi) is 5.27. The minimum Gasteiger partial charge on any atom is -0.360 e. The molecule has 3 rings (SSSR count). The minimum absolute atomic E-state index is 0.0387. The van der Waals surface area contributed by atoms with E-state index in [-0.39, 0.29) is 28.2 Å². The number of carbonyl (C=O) groups is 1. The number of hydrogen-bond acceptors (Lipinski definition) is 5. The summed E-state index contributed by atoms with van der Waals surface area (Å²) in [5, 5.41) is 6.48. The molecule has 1 aromatic heterocycles. The van der Waals surface area contributed by atoms with Gasteiger partial charge in [0.25, 0.3) is 15.9 Å². The van der Waals surface area contributed by atoms with Gasteiger partial charge in [0.15, 0.2) is 5.82 Å². The number of hydrogen-bond donors (Lipinski definition) is 2. The second-order valence-electron chi connectivity index (χ2n) is 6.06. The van der Waals surface area contributed by atoms with Gasteiger partial charge in [-0.3, -0.25) is 9.52 Å². The molecule has 7 nitrogen and oxygen atoms in total. The first kappa shape index (κ1) is 18.7. The highest BCUT2D eigenvalue weighted by Gasteiger charge is 2.19. The van der Waals surface area contributed by atoms with E-state index in [0.717, 1.165) is 5.56 Å². The molecule has 27 heavy (non-hydrogen) atoms. The Morgan fingerprint density at radius 1 is 1.07 bits per heavy atom. The third kappa shape index (κ3) is 4.53. The molecule has 0 bridgehead atoms. The summed E-state index contributed by atoms with van der Waals surface area (Å²) < 4.78 is 32.2.